The normalized spacial score (nSPS) is 10.4. The molecule has 0 fully saturated rings. The van der Waals surface area contributed by atoms with Crippen LogP contribution in [-0.4, -0.2) is 12.8 Å². The molecule has 1 heterocycles. The van der Waals surface area contributed by atoms with E-state index in [9.17, 15) is 0 Å². The van der Waals surface area contributed by atoms with Crippen molar-refractivity contribution in [3.8, 4) is 0 Å². The summed E-state index contributed by atoms with van der Waals surface area (Å²) in [7, 11) is 0. The zero-order chi connectivity index (χ0) is 9.54. The molecule has 0 unspecified atom stereocenters. The Labute approximate surface area is 71.6 Å². The van der Waals surface area contributed by atoms with Gasteiger partial charge in [-0.25, -0.2) is 0 Å². The summed E-state index contributed by atoms with van der Waals surface area (Å²) in [5.74, 6) is 0. The minimum absolute atomic E-state index is 0.778. The van der Waals surface area contributed by atoms with Gasteiger partial charge in [0.1, 0.15) is 6.61 Å². The van der Waals surface area contributed by atoms with Crippen molar-refractivity contribution in [1.82, 2.24) is 0 Å². The lowest BCUT2D eigenvalue weighted by Gasteiger charge is -1.76. The first kappa shape index (κ1) is 16.8. The summed E-state index contributed by atoms with van der Waals surface area (Å²) in [5.41, 5.74) is 0. The summed E-state index contributed by atoms with van der Waals surface area (Å²) < 4.78 is 0. The summed E-state index contributed by atoms with van der Waals surface area (Å²) in [6, 6.07) is 0. The van der Waals surface area contributed by atoms with Crippen LogP contribution < -0.4 is 0 Å². The fourth-order valence-corrected chi connectivity index (χ4v) is 0.264. The second-order valence-electron chi connectivity index (χ2n) is 0.910. The number of oxime groups is 1. The standard InChI is InChI=1S/C3H5NO.3C2H6/c1-2-4-5-3-1;3*1-2/h2H,1,3H2;3*1-2H3. The van der Waals surface area contributed by atoms with Crippen LogP contribution in [-0.2, 0) is 4.84 Å². The molecule has 0 saturated carbocycles. The molecule has 0 aromatic heterocycles. The van der Waals surface area contributed by atoms with E-state index in [1.54, 1.807) is 6.21 Å². The van der Waals surface area contributed by atoms with Crippen LogP contribution in [0.2, 0.25) is 0 Å². The highest BCUT2D eigenvalue weighted by Gasteiger charge is 1.86. The molecule has 0 spiro atoms. The lowest BCUT2D eigenvalue weighted by Crippen LogP contribution is -1.72. The average Bonchev–Trinajstić information content (AvgIpc) is 2.71. The minimum atomic E-state index is 0.778. The Hall–Kier alpha value is -0.530. The zero-order valence-electron chi connectivity index (χ0n) is 8.85. The van der Waals surface area contributed by atoms with Gasteiger partial charge in [-0.1, -0.05) is 46.7 Å². The van der Waals surface area contributed by atoms with Crippen molar-refractivity contribution < 1.29 is 4.84 Å². The van der Waals surface area contributed by atoms with E-state index in [1.165, 1.54) is 0 Å². The maximum absolute atomic E-state index is 4.51. The summed E-state index contributed by atoms with van der Waals surface area (Å²) in [4.78, 5) is 4.51. The van der Waals surface area contributed by atoms with Gasteiger partial charge in [-0.05, 0) is 0 Å². The number of hydrogen-bond acceptors (Lipinski definition) is 2. The van der Waals surface area contributed by atoms with Gasteiger partial charge in [0.05, 0.1) is 0 Å². The molecule has 11 heavy (non-hydrogen) atoms. The van der Waals surface area contributed by atoms with Gasteiger partial charge in [-0.2, -0.15) is 0 Å². The fraction of sp³-hybridized carbons (Fsp3) is 0.889. The van der Waals surface area contributed by atoms with E-state index in [0.717, 1.165) is 13.0 Å². The molecule has 1 rings (SSSR count). The van der Waals surface area contributed by atoms with Crippen LogP contribution in [0.1, 0.15) is 48.0 Å². The van der Waals surface area contributed by atoms with Crippen LogP contribution >= 0.6 is 0 Å². The van der Waals surface area contributed by atoms with Gasteiger partial charge >= 0.3 is 0 Å². The second-order valence-corrected chi connectivity index (χ2v) is 0.910. The van der Waals surface area contributed by atoms with Crippen LogP contribution in [0.3, 0.4) is 0 Å². The zero-order valence-corrected chi connectivity index (χ0v) is 8.85. The average molecular weight is 161 g/mol. The predicted molar refractivity (Wildman–Crippen MR) is 53.1 cm³/mol. The smallest absolute Gasteiger partial charge is 0.122 e. The third kappa shape index (κ3) is 26.4. The number of hydrogen-bond donors (Lipinski definition) is 0. The van der Waals surface area contributed by atoms with Crippen LogP contribution in [0.15, 0.2) is 5.16 Å². The molecule has 0 aromatic rings. The minimum Gasteiger partial charge on any atom is -0.396 e. The number of nitrogens with zero attached hydrogens (tertiary/aromatic N) is 1. The van der Waals surface area contributed by atoms with Crippen LogP contribution in [0.25, 0.3) is 0 Å². The SMILES string of the molecule is C1=NOCC1.CC.CC.CC. The van der Waals surface area contributed by atoms with Gasteiger partial charge in [-0.3, -0.25) is 0 Å². The molecule has 2 heteroatoms. The van der Waals surface area contributed by atoms with E-state index in [0.29, 0.717) is 0 Å². The molecule has 1 aliphatic heterocycles. The monoisotopic (exact) mass is 161 g/mol. The van der Waals surface area contributed by atoms with E-state index in [2.05, 4.69) is 9.99 Å². The molecule has 1 aliphatic rings. The molecule has 0 atom stereocenters. The molecule has 2 nitrogen and oxygen atoms in total. The van der Waals surface area contributed by atoms with E-state index in [1.807, 2.05) is 41.5 Å². The fourth-order valence-electron chi connectivity index (χ4n) is 0.264. The van der Waals surface area contributed by atoms with Crippen molar-refractivity contribution in [2.75, 3.05) is 6.61 Å². The van der Waals surface area contributed by atoms with Crippen molar-refractivity contribution in [2.45, 2.75) is 48.0 Å². The molecule has 0 bridgehead atoms. The van der Waals surface area contributed by atoms with Gasteiger partial charge < -0.3 is 4.84 Å². The molecule has 70 valence electrons. The lowest BCUT2D eigenvalue weighted by atomic mass is 10.5. The van der Waals surface area contributed by atoms with E-state index < -0.39 is 0 Å². The third-order valence-corrected chi connectivity index (χ3v) is 0.487. The van der Waals surface area contributed by atoms with Crippen molar-refractivity contribution in [3.63, 3.8) is 0 Å². The van der Waals surface area contributed by atoms with Gasteiger partial charge in [0, 0.05) is 12.6 Å². The van der Waals surface area contributed by atoms with Crippen molar-refractivity contribution in [3.05, 3.63) is 0 Å². The second kappa shape index (κ2) is 34.0. The molecule has 0 aromatic carbocycles. The largest absolute Gasteiger partial charge is 0.396 e. The summed E-state index contributed by atoms with van der Waals surface area (Å²) in [5, 5.41) is 3.46. The third-order valence-electron chi connectivity index (χ3n) is 0.487. The van der Waals surface area contributed by atoms with Crippen molar-refractivity contribution >= 4 is 6.21 Å². The van der Waals surface area contributed by atoms with Crippen LogP contribution in [0, 0.1) is 0 Å². The summed E-state index contributed by atoms with van der Waals surface area (Å²) in [6.07, 6.45) is 2.75. The topological polar surface area (TPSA) is 21.6 Å². The van der Waals surface area contributed by atoms with Crippen molar-refractivity contribution in [1.29, 1.82) is 0 Å². The predicted octanol–water partition coefficient (Wildman–Crippen LogP) is 3.47. The molecule has 0 radical (unpaired) electrons. The van der Waals surface area contributed by atoms with Crippen molar-refractivity contribution in [2.24, 2.45) is 5.16 Å². The maximum atomic E-state index is 4.51. The first-order chi connectivity index (χ1) is 5.50. The highest BCUT2D eigenvalue weighted by Crippen LogP contribution is 1.86. The highest BCUT2D eigenvalue weighted by molar-refractivity contribution is 5.57. The molecular weight excluding hydrogens is 138 g/mol. The summed E-state index contributed by atoms with van der Waals surface area (Å²) in [6.45, 7) is 12.8. The Morgan fingerprint density at radius 3 is 1.55 bits per heavy atom. The molecule has 0 saturated heterocycles. The molecule has 0 N–H and O–H groups in total. The van der Waals surface area contributed by atoms with Crippen LogP contribution in [0.5, 0.6) is 0 Å². The number of rotatable bonds is 0. The van der Waals surface area contributed by atoms with Gasteiger partial charge in [-0.15, -0.1) is 0 Å². The Balaban J connectivity index is -0.0000000933. The molecular formula is C9H23NO. The Kier molecular flexibility index (Phi) is 52.0. The first-order valence-electron chi connectivity index (χ1n) is 4.64. The Morgan fingerprint density at radius 1 is 1.00 bits per heavy atom. The van der Waals surface area contributed by atoms with E-state index in [-0.39, 0.29) is 0 Å². The molecule has 0 aliphatic carbocycles. The quantitative estimate of drug-likeness (QED) is 0.533. The van der Waals surface area contributed by atoms with Gasteiger partial charge in [0.2, 0.25) is 0 Å². The summed E-state index contributed by atoms with van der Waals surface area (Å²) >= 11 is 0. The van der Waals surface area contributed by atoms with Gasteiger partial charge in [0.15, 0.2) is 0 Å². The lowest BCUT2D eigenvalue weighted by molar-refractivity contribution is 0.174. The first-order valence-corrected chi connectivity index (χ1v) is 4.64. The maximum Gasteiger partial charge on any atom is 0.122 e. The molecule has 0 amide bonds. The van der Waals surface area contributed by atoms with Gasteiger partial charge in [0.25, 0.3) is 0 Å². The highest BCUT2D eigenvalue weighted by atomic mass is 16.6. The van der Waals surface area contributed by atoms with E-state index >= 15 is 0 Å². The Bertz CT molecular complexity index is 47.5. The Morgan fingerprint density at radius 2 is 1.45 bits per heavy atom. The van der Waals surface area contributed by atoms with E-state index in [4.69, 9.17) is 0 Å². The van der Waals surface area contributed by atoms with Crippen LogP contribution in [0.4, 0.5) is 0 Å².